The molecule has 2 aliphatic heterocycles. The van der Waals surface area contributed by atoms with Crippen LogP contribution in [-0.2, 0) is 11.3 Å². The minimum absolute atomic E-state index is 0.115. The van der Waals surface area contributed by atoms with Gasteiger partial charge in [-0.15, -0.1) is 0 Å². The van der Waals surface area contributed by atoms with Gasteiger partial charge >= 0.3 is 6.18 Å². The second-order valence-electron chi connectivity index (χ2n) is 9.81. The van der Waals surface area contributed by atoms with E-state index in [2.05, 4.69) is 15.6 Å². The quantitative estimate of drug-likeness (QED) is 0.591. The number of ether oxygens (including phenoxy) is 1. The van der Waals surface area contributed by atoms with Crippen LogP contribution in [0.1, 0.15) is 56.9 Å². The number of halogens is 4. The smallest absolute Gasteiger partial charge is 0.391 e. The molecule has 1 aromatic heterocycles. The van der Waals surface area contributed by atoms with Gasteiger partial charge < -0.3 is 20.3 Å². The van der Waals surface area contributed by atoms with E-state index in [-0.39, 0.29) is 43.0 Å². The number of amides is 1. The van der Waals surface area contributed by atoms with E-state index in [9.17, 15) is 22.4 Å². The van der Waals surface area contributed by atoms with Crippen molar-refractivity contribution in [1.29, 1.82) is 0 Å². The zero-order chi connectivity index (χ0) is 24.3. The van der Waals surface area contributed by atoms with Gasteiger partial charge in [-0.05, 0) is 75.8 Å². The Morgan fingerprint density at radius 1 is 1.15 bits per heavy atom. The highest BCUT2D eigenvalue weighted by Gasteiger charge is 2.42. The van der Waals surface area contributed by atoms with Gasteiger partial charge in [0.2, 0.25) is 11.8 Å². The first kappa shape index (κ1) is 25.0. The molecule has 2 saturated heterocycles. The molecule has 1 aliphatic carbocycles. The topological polar surface area (TPSA) is 66.5 Å². The molecule has 3 heterocycles. The predicted octanol–water partition coefficient (Wildman–Crippen LogP) is 4.18. The van der Waals surface area contributed by atoms with Gasteiger partial charge in [0, 0.05) is 25.2 Å². The number of anilines is 1. The molecule has 2 N–H and O–H groups in total. The van der Waals surface area contributed by atoms with Crippen molar-refractivity contribution in [3.05, 3.63) is 17.4 Å². The number of pyridine rings is 1. The number of rotatable bonds is 6. The number of methoxy groups -OCH3 is 1. The molecular weight excluding hydrogens is 452 g/mol. The van der Waals surface area contributed by atoms with Crippen LogP contribution in [-0.4, -0.2) is 49.9 Å². The second kappa shape index (κ2) is 10.7. The van der Waals surface area contributed by atoms with Crippen LogP contribution in [0.15, 0.2) is 6.07 Å². The molecule has 1 unspecified atom stereocenters. The summed E-state index contributed by atoms with van der Waals surface area (Å²) in [5, 5.41) is 5.96. The maximum atomic E-state index is 15.0. The van der Waals surface area contributed by atoms with Crippen molar-refractivity contribution in [1.82, 2.24) is 15.6 Å². The summed E-state index contributed by atoms with van der Waals surface area (Å²) in [5.74, 6) is -0.550. The van der Waals surface area contributed by atoms with Crippen LogP contribution >= 0.6 is 0 Å². The lowest BCUT2D eigenvalue weighted by atomic mass is 9.72. The number of carbonyl (C=O) groups is 1. The monoisotopic (exact) mass is 486 g/mol. The standard InChI is InChI=1S/C24H34F4N4O2/c1-34-23-17(14-30-22(33)20-3-2-10-29-20)13-19(25)21(31-23)32-11-8-16(9-12-32)15-4-6-18(7-5-15)24(26,27)28/h13,15-16,18,20,29H,2-12,14H2,1H3,(H,30,33). The lowest BCUT2D eigenvalue weighted by molar-refractivity contribution is -0.185. The van der Waals surface area contributed by atoms with Crippen molar-refractivity contribution in [3.8, 4) is 5.88 Å². The van der Waals surface area contributed by atoms with E-state index in [0.29, 0.717) is 43.3 Å². The number of hydrogen-bond acceptors (Lipinski definition) is 5. The van der Waals surface area contributed by atoms with Crippen LogP contribution in [0.2, 0.25) is 0 Å². The molecule has 34 heavy (non-hydrogen) atoms. The SMILES string of the molecule is COc1nc(N2CCC(C3CCC(C(F)(F)F)CC3)CC2)c(F)cc1CNC(=O)C1CCCN1. The van der Waals surface area contributed by atoms with E-state index < -0.39 is 17.9 Å². The molecule has 3 fully saturated rings. The summed E-state index contributed by atoms with van der Waals surface area (Å²) in [6, 6.07) is 1.15. The summed E-state index contributed by atoms with van der Waals surface area (Å²) in [7, 11) is 1.47. The zero-order valence-electron chi connectivity index (χ0n) is 19.6. The van der Waals surface area contributed by atoms with Crippen molar-refractivity contribution in [2.24, 2.45) is 17.8 Å². The molecular formula is C24H34F4N4O2. The Hall–Kier alpha value is -2.10. The normalized spacial score (nSPS) is 26.5. The number of aromatic nitrogens is 1. The van der Waals surface area contributed by atoms with Gasteiger partial charge in [0.05, 0.1) is 19.1 Å². The first-order valence-corrected chi connectivity index (χ1v) is 12.3. The summed E-state index contributed by atoms with van der Waals surface area (Å²) in [5.41, 5.74) is 0.478. The fourth-order valence-electron chi connectivity index (χ4n) is 5.74. The van der Waals surface area contributed by atoms with E-state index in [0.717, 1.165) is 32.2 Å². The van der Waals surface area contributed by atoms with Crippen molar-refractivity contribution < 1.29 is 27.1 Å². The molecule has 1 saturated carbocycles. The molecule has 1 atom stereocenters. The van der Waals surface area contributed by atoms with E-state index in [4.69, 9.17) is 4.74 Å². The molecule has 0 bridgehead atoms. The third-order valence-electron chi connectivity index (χ3n) is 7.76. The summed E-state index contributed by atoms with van der Waals surface area (Å²) in [6.45, 7) is 2.17. The molecule has 1 amide bonds. The summed E-state index contributed by atoms with van der Waals surface area (Å²) < 4.78 is 59.2. The van der Waals surface area contributed by atoms with Crippen LogP contribution in [0.25, 0.3) is 0 Å². The molecule has 1 aromatic rings. The van der Waals surface area contributed by atoms with Crippen LogP contribution in [0, 0.1) is 23.6 Å². The van der Waals surface area contributed by atoms with Crippen LogP contribution < -0.4 is 20.3 Å². The first-order chi connectivity index (χ1) is 16.3. The molecule has 0 spiro atoms. The maximum Gasteiger partial charge on any atom is 0.391 e. The van der Waals surface area contributed by atoms with Gasteiger partial charge in [-0.2, -0.15) is 18.2 Å². The molecule has 190 valence electrons. The van der Waals surface area contributed by atoms with Crippen LogP contribution in [0.4, 0.5) is 23.4 Å². The summed E-state index contributed by atoms with van der Waals surface area (Å²) >= 11 is 0. The van der Waals surface area contributed by atoms with Crippen LogP contribution in [0.3, 0.4) is 0 Å². The summed E-state index contributed by atoms with van der Waals surface area (Å²) in [6.07, 6.45) is 0.963. The van der Waals surface area contributed by atoms with Gasteiger partial charge in [0.15, 0.2) is 11.6 Å². The first-order valence-electron chi connectivity index (χ1n) is 12.3. The minimum atomic E-state index is -4.08. The Morgan fingerprint density at radius 3 is 2.41 bits per heavy atom. The Kier molecular flexibility index (Phi) is 7.84. The van der Waals surface area contributed by atoms with Gasteiger partial charge in [0.1, 0.15) is 0 Å². The highest BCUT2D eigenvalue weighted by atomic mass is 19.4. The van der Waals surface area contributed by atoms with Gasteiger partial charge in [0.25, 0.3) is 0 Å². The van der Waals surface area contributed by atoms with Gasteiger partial charge in [-0.25, -0.2) is 4.39 Å². The maximum absolute atomic E-state index is 15.0. The van der Waals surface area contributed by atoms with Crippen molar-refractivity contribution in [2.75, 3.05) is 31.6 Å². The number of piperidine rings is 1. The number of hydrogen-bond donors (Lipinski definition) is 2. The fourth-order valence-corrected chi connectivity index (χ4v) is 5.74. The number of nitrogens with zero attached hydrogens (tertiary/aromatic N) is 2. The lowest BCUT2D eigenvalue weighted by Crippen LogP contribution is -2.40. The lowest BCUT2D eigenvalue weighted by Gasteiger charge is -2.39. The molecule has 3 aliphatic rings. The molecule has 10 heteroatoms. The average Bonchev–Trinajstić information content (AvgIpc) is 3.37. The van der Waals surface area contributed by atoms with E-state index >= 15 is 0 Å². The van der Waals surface area contributed by atoms with Gasteiger partial charge in [-0.1, -0.05) is 0 Å². The van der Waals surface area contributed by atoms with Crippen LogP contribution in [0.5, 0.6) is 5.88 Å². The van der Waals surface area contributed by atoms with E-state index in [1.165, 1.54) is 13.2 Å². The highest BCUT2D eigenvalue weighted by molar-refractivity contribution is 5.82. The Balaban J connectivity index is 1.32. The third kappa shape index (κ3) is 5.75. The minimum Gasteiger partial charge on any atom is -0.481 e. The highest BCUT2D eigenvalue weighted by Crippen LogP contribution is 2.44. The molecule has 6 nitrogen and oxygen atoms in total. The van der Waals surface area contributed by atoms with Crippen molar-refractivity contribution >= 4 is 11.7 Å². The Labute approximate surface area is 197 Å². The van der Waals surface area contributed by atoms with Gasteiger partial charge in [-0.3, -0.25) is 4.79 Å². The number of alkyl halides is 3. The fraction of sp³-hybridized carbons (Fsp3) is 0.750. The zero-order valence-corrected chi connectivity index (χ0v) is 19.6. The third-order valence-corrected chi connectivity index (χ3v) is 7.76. The van der Waals surface area contributed by atoms with Crippen molar-refractivity contribution in [2.45, 2.75) is 70.1 Å². The summed E-state index contributed by atoms with van der Waals surface area (Å²) in [4.78, 5) is 18.5. The molecule has 0 radical (unpaired) electrons. The molecule has 0 aromatic carbocycles. The Bertz CT molecular complexity index is 844. The average molecular weight is 487 g/mol. The second-order valence-corrected chi connectivity index (χ2v) is 9.81. The van der Waals surface area contributed by atoms with E-state index in [1.54, 1.807) is 0 Å². The molecule has 4 rings (SSSR count). The number of carbonyl (C=O) groups excluding carboxylic acids is 1. The van der Waals surface area contributed by atoms with Crippen molar-refractivity contribution in [3.63, 3.8) is 0 Å². The largest absolute Gasteiger partial charge is 0.481 e. The Morgan fingerprint density at radius 2 is 1.82 bits per heavy atom. The van der Waals surface area contributed by atoms with E-state index in [1.807, 2.05) is 4.90 Å². The predicted molar refractivity (Wildman–Crippen MR) is 120 cm³/mol. The number of nitrogens with one attached hydrogen (secondary N) is 2.